The molecule has 3 nitrogen and oxygen atoms in total. The number of carbonyl (C=O) groups is 1. The number of hydrogen-bond donors (Lipinski definition) is 2. The maximum absolute atomic E-state index is 13.6. The van der Waals surface area contributed by atoms with Gasteiger partial charge in [-0.15, -0.1) is 0 Å². The van der Waals surface area contributed by atoms with Gasteiger partial charge in [0.15, 0.2) is 0 Å². The molecule has 0 radical (unpaired) electrons. The lowest BCUT2D eigenvalue weighted by molar-refractivity contribution is -0.117. The Morgan fingerprint density at radius 3 is 2.70 bits per heavy atom. The van der Waals surface area contributed by atoms with Crippen LogP contribution in [-0.4, -0.2) is 5.91 Å². The summed E-state index contributed by atoms with van der Waals surface area (Å²) in [5.41, 5.74) is 7.35. The number of nitrogens with two attached hydrogens (primary N) is 1. The molecule has 0 fully saturated rings. The molecular formula is C15H14BrFN2O. The van der Waals surface area contributed by atoms with Crippen LogP contribution in [0.15, 0.2) is 46.9 Å². The largest absolute Gasteiger partial charge is 0.381 e. The molecule has 5 heteroatoms. The highest BCUT2D eigenvalue weighted by Crippen LogP contribution is 2.19. The van der Waals surface area contributed by atoms with E-state index in [0.717, 1.165) is 15.7 Å². The molecule has 0 saturated heterocycles. The van der Waals surface area contributed by atoms with Crippen molar-refractivity contribution in [2.24, 2.45) is 5.73 Å². The van der Waals surface area contributed by atoms with Gasteiger partial charge in [-0.25, -0.2) is 4.39 Å². The van der Waals surface area contributed by atoms with Gasteiger partial charge >= 0.3 is 0 Å². The summed E-state index contributed by atoms with van der Waals surface area (Å²) in [6.45, 7) is 0.334. The normalized spacial score (nSPS) is 10.3. The van der Waals surface area contributed by atoms with Gasteiger partial charge in [0, 0.05) is 22.3 Å². The Morgan fingerprint density at radius 1 is 1.20 bits per heavy atom. The quantitative estimate of drug-likeness (QED) is 0.880. The van der Waals surface area contributed by atoms with E-state index < -0.39 is 5.91 Å². The SMILES string of the molecule is NC(=O)Cc1ccccc1NCc1cc(Br)ccc1F. The van der Waals surface area contributed by atoms with E-state index in [2.05, 4.69) is 21.2 Å². The van der Waals surface area contributed by atoms with Crippen LogP contribution in [0.4, 0.5) is 10.1 Å². The van der Waals surface area contributed by atoms with Crippen LogP contribution in [0.5, 0.6) is 0 Å². The number of hydrogen-bond acceptors (Lipinski definition) is 2. The first-order chi connectivity index (χ1) is 9.56. The van der Waals surface area contributed by atoms with Crippen molar-refractivity contribution in [3.8, 4) is 0 Å². The summed E-state index contributed by atoms with van der Waals surface area (Å²) in [6, 6.07) is 12.1. The summed E-state index contributed by atoms with van der Waals surface area (Å²) in [7, 11) is 0. The predicted molar refractivity (Wildman–Crippen MR) is 80.8 cm³/mol. The molecule has 0 aliphatic heterocycles. The minimum absolute atomic E-state index is 0.157. The Morgan fingerprint density at radius 2 is 1.95 bits per heavy atom. The summed E-state index contributed by atoms with van der Waals surface area (Å²) >= 11 is 3.31. The van der Waals surface area contributed by atoms with Crippen LogP contribution in [0.1, 0.15) is 11.1 Å². The van der Waals surface area contributed by atoms with E-state index in [0.29, 0.717) is 12.1 Å². The van der Waals surface area contributed by atoms with Gasteiger partial charge in [-0.2, -0.15) is 0 Å². The Bertz CT molecular complexity index is 631. The minimum Gasteiger partial charge on any atom is -0.381 e. The molecule has 0 saturated carbocycles. The summed E-state index contributed by atoms with van der Waals surface area (Å²) in [4.78, 5) is 11.0. The molecule has 3 N–H and O–H groups in total. The lowest BCUT2D eigenvalue weighted by Crippen LogP contribution is -2.15. The molecule has 104 valence electrons. The molecule has 0 atom stereocenters. The number of primary amides is 1. The van der Waals surface area contributed by atoms with Crippen molar-refractivity contribution in [1.29, 1.82) is 0 Å². The number of carbonyl (C=O) groups excluding carboxylic acids is 1. The average molecular weight is 337 g/mol. The first-order valence-corrected chi connectivity index (χ1v) is 6.89. The van der Waals surface area contributed by atoms with E-state index in [9.17, 15) is 9.18 Å². The number of benzene rings is 2. The highest BCUT2D eigenvalue weighted by Gasteiger charge is 2.07. The van der Waals surface area contributed by atoms with Crippen molar-refractivity contribution in [2.75, 3.05) is 5.32 Å². The van der Waals surface area contributed by atoms with Crippen LogP contribution in [0.25, 0.3) is 0 Å². The molecule has 2 aromatic rings. The smallest absolute Gasteiger partial charge is 0.221 e. The maximum atomic E-state index is 13.6. The summed E-state index contributed by atoms with van der Waals surface area (Å²) < 4.78 is 14.5. The van der Waals surface area contributed by atoms with Crippen molar-refractivity contribution in [3.05, 3.63) is 63.9 Å². The molecule has 0 aliphatic carbocycles. The van der Waals surface area contributed by atoms with Crippen molar-refractivity contribution >= 4 is 27.5 Å². The molecule has 1 amide bonds. The van der Waals surface area contributed by atoms with E-state index >= 15 is 0 Å². The Hall–Kier alpha value is -1.88. The van der Waals surface area contributed by atoms with Gasteiger partial charge in [0.05, 0.1) is 6.42 Å². The lowest BCUT2D eigenvalue weighted by atomic mass is 10.1. The van der Waals surface area contributed by atoms with Gasteiger partial charge in [-0.1, -0.05) is 34.1 Å². The first kappa shape index (κ1) is 14.5. The molecular weight excluding hydrogens is 323 g/mol. The van der Waals surface area contributed by atoms with Crippen molar-refractivity contribution in [1.82, 2.24) is 0 Å². The second-order valence-electron chi connectivity index (χ2n) is 4.39. The number of nitrogens with one attached hydrogen (secondary N) is 1. The molecule has 20 heavy (non-hydrogen) atoms. The molecule has 0 aliphatic rings. The molecule has 0 spiro atoms. The van der Waals surface area contributed by atoms with Crippen LogP contribution in [0.3, 0.4) is 0 Å². The minimum atomic E-state index is -0.395. The Kier molecular flexibility index (Phi) is 4.74. The van der Waals surface area contributed by atoms with E-state index in [4.69, 9.17) is 5.73 Å². The number of rotatable bonds is 5. The highest BCUT2D eigenvalue weighted by molar-refractivity contribution is 9.10. The predicted octanol–water partition coefficient (Wildman–Crippen LogP) is 3.23. The van der Waals surface area contributed by atoms with Crippen LogP contribution in [0.2, 0.25) is 0 Å². The third-order valence-electron chi connectivity index (χ3n) is 2.86. The number of para-hydroxylation sites is 1. The molecule has 2 rings (SSSR count). The highest BCUT2D eigenvalue weighted by atomic mass is 79.9. The molecule has 0 aromatic heterocycles. The van der Waals surface area contributed by atoms with Gasteiger partial charge in [-0.3, -0.25) is 4.79 Å². The van der Waals surface area contributed by atoms with Crippen molar-refractivity contribution in [2.45, 2.75) is 13.0 Å². The second kappa shape index (κ2) is 6.52. The van der Waals surface area contributed by atoms with Gasteiger partial charge in [0.2, 0.25) is 5.91 Å². The van der Waals surface area contributed by atoms with E-state index in [-0.39, 0.29) is 12.2 Å². The number of anilines is 1. The summed E-state index contributed by atoms with van der Waals surface area (Å²) in [5, 5.41) is 3.13. The zero-order valence-corrected chi connectivity index (χ0v) is 12.3. The molecule has 0 unspecified atom stereocenters. The van der Waals surface area contributed by atoms with Gasteiger partial charge in [-0.05, 0) is 29.8 Å². The van der Waals surface area contributed by atoms with Crippen LogP contribution in [-0.2, 0) is 17.8 Å². The van der Waals surface area contributed by atoms with E-state index in [1.807, 2.05) is 24.3 Å². The van der Waals surface area contributed by atoms with Crippen molar-refractivity contribution in [3.63, 3.8) is 0 Å². The van der Waals surface area contributed by atoms with E-state index in [1.54, 1.807) is 12.1 Å². The van der Waals surface area contributed by atoms with E-state index in [1.165, 1.54) is 6.07 Å². The topological polar surface area (TPSA) is 55.1 Å². The van der Waals surface area contributed by atoms with Crippen LogP contribution < -0.4 is 11.1 Å². The van der Waals surface area contributed by atoms with Gasteiger partial charge in [0.1, 0.15) is 5.82 Å². The molecule has 2 aromatic carbocycles. The zero-order chi connectivity index (χ0) is 14.5. The average Bonchev–Trinajstić information content (AvgIpc) is 2.41. The fraction of sp³-hybridized carbons (Fsp3) is 0.133. The number of halogens is 2. The fourth-order valence-corrected chi connectivity index (χ4v) is 2.31. The lowest BCUT2D eigenvalue weighted by Gasteiger charge is -2.12. The second-order valence-corrected chi connectivity index (χ2v) is 5.31. The van der Waals surface area contributed by atoms with Crippen molar-refractivity contribution < 1.29 is 9.18 Å². The zero-order valence-electron chi connectivity index (χ0n) is 10.7. The van der Waals surface area contributed by atoms with Gasteiger partial charge < -0.3 is 11.1 Å². The monoisotopic (exact) mass is 336 g/mol. The summed E-state index contributed by atoms with van der Waals surface area (Å²) in [6.07, 6.45) is 0.157. The summed E-state index contributed by atoms with van der Waals surface area (Å²) in [5.74, 6) is -0.666. The van der Waals surface area contributed by atoms with Gasteiger partial charge in [0.25, 0.3) is 0 Å². The third-order valence-corrected chi connectivity index (χ3v) is 3.35. The third kappa shape index (κ3) is 3.81. The van der Waals surface area contributed by atoms with Crippen LogP contribution in [0, 0.1) is 5.82 Å². The standard InChI is InChI=1S/C15H14BrFN2O/c16-12-5-6-13(17)11(7-12)9-19-14-4-2-1-3-10(14)8-15(18)20/h1-7,19H,8-9H2,(H2,18,20). The number of amides is 1. The van der Waals surface area contributed by atoms with Crippen LogP contribution >= 0.6 is 15.9 Å². The molecule has 0 heterocycles. The fourth-order valence-electron chi connectivity index (χ4n) is 1.90. The maximum Gasteiger partial charge on any atom is 0.221 e. The molecule has 0 bridgehead atoms. The Balaban J connectivity index is 2.14. The Labute approximate surface area is 125 Å². The first-order valence-electron chi connectivity index (χ1n) is 6.10.